The minimum atomic E-state index is -1.09. The lowest BCUT2D eigenvalue weighted by atomic mass is 9.90. The Kier molecular flexibility index (Phi) is 5.37. The summed E-state index contributed by atoms with van der Waals surface area (Å²) in [5.41, 5.74) is 3.11. The number of nitrogens with zero attached hydrogens (tertiary/aromatic N) is 2. The molecule has 8 nitrogen and oxygen atoms in total. The summed E-state index contributed by atoms with van der Waals surface area (Å²) in [5, 5.41) is 9.23. The first-order valence-corrected chi connectivity index (χ1v) is 9.76. The molecule has 0 spiro atoms. The zero-order valence-corrected chi connectivity index (χ0v) is 17.5. The Morgan fingerprint density at radius 3 is 2.45 bits per heavy atom. The van der Waals surface area contributed by atoms with Gasteiger partial charge in [-0.2, -0.15) is 0 Å². The maximum absolute atomic E-state index is 13.1. The SMILES string of the molecule is COc1cc(OC)c(OC)cc1C=C1CCCc2c1nc1ccc(C(=O)O)cn1c2=O. The molecule has 0 amide bonds. The van der Waals surface area contributed by atoms with Crippen LogP contribution in [0.4, 0.5) is 0 Å². The van der Waals surface area contributed by atoms with Gasteiger partial charge in [-0.1, -0.05) is 0 Å². The number of benzene rings is 1. The second-order valence-electron chi connectivity index (χ2n) is 7.17. The number of methoxy groups -OCH3 is 3. The number of hydrogen-bond acceptors (Lipinski definition) is 6. The van der Waals surface area contributed by atoms with Crippen LogP contribution in [-0.2, 0) is 6.42 Å². The van der Waals surface area contributed by atoms with Crippen LogP contribution in [-0.4, -0.2) is 41.8 Å². The Bertz CT molecular complexity index is 1280. The zero-order valence-electron chi connectivity index (χ0n) is 17.5. The van der Waals surface area contributed by atoms with Crippen molar-refractivity contribution in [3.05, 3.63) is 63.2 Å². The molecule has 1 aliphatic rings. The standard InChI is InChI=1S/C23H22N2O6/c1-29-17-11-19(31-3)18(30-2)10-15(17)9-13-5-4-6-16-21(13)24-20-8-7-14(23(27)28)12-25(20)22(16)26/h7-12H,4-6H2,1-3H3,(H,27,28). The topological polar surface area (TPSA) is 99.4 Å². The molecule has 0 radical (unpaired) electrons. The molecule has 2 heterocycles. The van der Waals surface area contributed by atoms with Crippen LogP contribution >= 0.6 is 0 Å². The van der Waals surface area contributed by atoms with Gasteiger partial charge in [-0.05, 0) is 49.1 Å². The highest BCUT2D eigenvalue weighted by molar-refractivity contribution is 5.88. The normalized spacial score (nSPS) is 14.4. The van der Waals surface area contributed by atoms with E-state index in [0.29, 0.717) is 40.6 Å². The minimum absolute atomic E-state index is 0.0398. The summed E-state index contributed by atoms with van der Waals surface area (Å²) in [6, 6.07) is 6.57. The molecule has 0 atom stereocenters. The summed E-state index contributed by atoms with van der Waals surface area (Å²) in [5.74, 6) is 0.648. The molecule has 4 rings (SSSR count). The van der Waals surface area contributed by atoms with Crippen molar-refractivity contribution < 1.29 is 24.1 Å². The molecular formula is C23H22N2O6. The van der Waals surface area contributed by atoms with Gasteiger partial charge in [-0.25, -0.2) is 9.78 Å². The fourth-order valence-electron chi connectivity index (χ4n) is 3.86. The van der Waals surface area contributed by atoms with Gasteiger partial charge < -0.3 is 19.3 Å². The van der Waals surface area contributed by atoms with E-state index >= 15 is 0 Å². The van der Waals surface area contributed by atoms with Gasteiger partial charge in [-0.3, -0.25) is 9.20 Å². The molecule has 0 unspecified atom stereocenters. The first-order chi connectivity index (χ1) is 15.0. The van der Waals surface area contributed by atoms with Crippen LogP contribution in [0.3, 0.4) is 0 Å². The summed E-state index contributed by atoms with van der Waals surface area (Å²) in [6.45, 7) is 0. The predicted molar refractivity (Wildman–Crippen MR) is 115 cm³/mol. The van der Waals surface area contributed by atoms with E-state index in [0.717, 1.165) is 24.0 Å². The summed E-state index contributed by atoms with van der Waals surface area (Å²) in [6.07, 6.45) is 5.40. The third kappa shape index (κ3) is 3.61. The Morgan fingerprint density at radius 2 is 1.77 bits per heavy atom. The van der Waals surface area contributed by atoms with Crippen LogP contribution in [0.2, 0.25) is 0 Å². The van der Waals surface area contributed by atoms with Gasteiger partial charge in [-0.15, -0.1) is 0 Å². The van der Waals surface area contributed by atoms with E-state index in [1.807, 2.05) is 12.1 Å². The van der Waals surface area contributed by atoms with E-state index in [9.17, 15) is 14.7 Å². The molecule has 3 aromatic rings. The molecule has 1 N–H and O–H groups in total. The highest BCUT2D eigenvalue weighted by Crippen LogP contribution is 2.38. The molecule has 160 valence electrons. The van der Waals surface area contributed by atoms with Gasteiger partial charge in [0.2, 0.25) is 0 Å². The van der Waals surface area contributed by atoms with Gasteiger partial charge in [0.05, 0.1) is 32.6 Å². The van der Waals surface area contributed by atoms with Crippen LogP contribution in [0.25, 0.3) is 17.3 Å². The number of aromatic carboxylic acids is 1. The van der Waals surface area contributed by atoms with E-state index in [2.05, 4.69) is 0 Å². The number of ether oxygens (including phenoxy) is 3. The first kappa shape index (κ1) is 20.5. The molecule has 1 aliphatic carbocycles. The number of rotatable bonds is 5. The quantitative estimate of drug-likeness (QED) is 0.673. The third-order valence-corrected chi connectivity index (χ3v) is 5.41. The number of carboxylic acid groups (broad SMARTS) is 1. The third-order valence-electron chi connectivity index (χ3n) is 5.41. The second-order valence-corrected chi connectivity index (χ2v) is 7.17. The van der Waals surface area contributed by atoms with Crippen molar-refractivity contribution in [3.8, 4) is 17.2 Å². The molecular weight excluding hydrogens is 400 g/mol. The maximum Gasteiger partial charge on any atom is 0.337 e. The molecule has 0 saturated heterocycles. The average Bonchev–Trinajstić information content (AvgIpc) is 2.79. The fourth-order valence-corrected chi connectivity index (χ4v) is 3.86. The largest absolute Gasteiger partial charge is 0.496 e. The van der Waals surface area contributed by atoms with Gasteiger partial charge in [0, 0.05) is 23.4 Å². The highest BCUT2D eigenvalue weighted by atomic mass is 16.5. The first-order valence-electron chi connectivity index (χ1n) is 9.76. The minimum Gasteiger partial charge on any atom is -0.496 e. The van der Waals surface area contributed by atoms with Crippen molar-refractivity contribution in [2.24, 2.45) is 0 Å². The summed E-state index contributed by atoms with van der Waals surface area (Å²) in [7, 11) is 4.71. The number of fused-ring (bicyclic) bond motifs is 2. The molecule has 0 bridgehead atoms. The summed E-state index contributed by atoms with van der Waals surface area (Å²) in [4.78, 5) is 29.1. The molecule has 31 heavy (non-hydrogen) atoms. The Balaban J connectivity index is 1.90. The van der Waals surface area contributed by atoms with Gasteiger partial charge in [0.15, 0.2) is 11.5 Å². The summed E-state index contributed by atoms with van der Waals surface area (Å²) < 4.78 is 17.6. The van der Waals surface area contributed by atoms with Crippen LogP contribution in [0, 0.1) is 0 Å². The number of carboxylic acids is 1. The van der Waals surface area contributed by atoms with Gasteiger partial charge in [0.1, 0.15) is 11.4 Å². The van der Waals surface area contributed by atoms with E-state index in [4.69, 9.17) is 19.2 Å². The lowest BCUT2D eigenvalue weighted by molar-refractivity contribution is 0.0696. The molecule has 1 aromatic carbocycles. The molecule has 2 aromatic heterocycles. The molecule has 0 fully saturated rings. The lowest BCUT2D eigenvalue weighted by Crippen LogP contribution is -2.25. The second kappa shape index (κ2) is 8.14. The number of carbonyl (C=O) groups is 1. The van der Waals surface area contributed by atoms with Crippen molar-refractivity contribution in [2.45, 2.75) is 19.3 Å². The highest BCUT2D eigenvalue weighted by Gasteiger charge is 2.22. The average molecular weight is 422 g/mol. The van der Waals surface area contributed by atoms with Crippen LogP contribution in [0.5, 0.6) is 17.2 Å². The van der Waals surface area contributed by atoms with Crippen molar-refractivity contribution in [3.63, 3.8) is 0 Å². The number of hydrogen-bond donors (Lipinski definition) is 1. The Labute approximate surface area is 178 Å². The van der Waals surface area contributed by atoms with E-state index < -0.39 is 5.97 Å². The fraction of sp³-hybridized carbons (Fsp3) is 0.261. The lowest BCUT2D eigenvalue weighted by Gasteiger charge is -2.19. The van der Waals surface area contributed by atoms with E-state index in [1.165, 1.54) is 16.7 Å². The number of aromatic nitrogens is 2. The van der Waals surface area contributed by atoms with Gasteiger partial charge >= 0.3 is 5.97 Å². The van der Waals surface area contributed by atoms with Crippen molar-refractivity contribution in [1.82, 2.24) is 9.38 Å². The molecule has 0 aliphatic heterocycles. The van der Waals surface area contributed by atoms with Crippen LogP contribution in [0.1, 0.15) is 40.0 Å². The van der Waals surface area contributed by atoms with Crippen molar-refractivity contribution in [1.29, 1.82) is 0 Å². The maximum atomic E-state index is 13.1. The monoisotopic (exact) mass is 422 g/mol. The zero-order chi connectivity index (χ0) is 22.1. The van der Waals surface area contributed by atoms with Crippen LogP contribution < -0.4 is 19.8 Å². The van der Waals surface area contributed by atoms with Gasteiger partial charge in [0.25, 0.3) is 5.56 Å². The molecule has 0 saturated carbocycles. The van der Waals surface area contributed by atoms with E-state index in [1.54, 1.807) is 33.5 Å². The molecule has 8 heteroatoms. The van der Waals surface area contributed by atoms with Crippen molar-refractivity contribution in [2.75, 3.05) is 21.3 Å². The predicted octanol–water partition coefficient (Wildman–Crippen LogP) is 3.30. The van der Waals surface area contributed by atoms with Crippen LogP contribution in [0.15, 0.2) is 35.3 Å². The number of allylic oxidation sites excluding steroid dienone is 1. The number of pyridine rings is 1. The van der Waals surface area contributed by atoms with Crippen molar-refractivity contribution >= 4 is 23.3 Å². The Morgan fingerprint density at radius 1 is 1.06 bits per heavy atom. The smallest absolute Gasteiger partial charge is 0.337 e. The summed E-state index contributed by atoms with van der Waals surface area (Å²) >= 11 is 0. The van der Waals surface area contributed by atoms with E-state index in [-0.39, 0.29) is 11.1 Å². The Hall–Kier alpha value is -3.81.